The highest BCUT2D eigenvalue weighted by atomic mass is 19.2. The molecule has 2 aliphatic rings. The van der Waals surface area contributed by atoms with Crippen molar-refractivity contribution in [1.82, 2.24) is 20.5 Å². The molecule has 0 bridgehead atoms. The zero-order chi connectivity index (χ0) is 29.8. The number of nitrogens with zero attached hydrogens (tertiary/aromatic N) is 3. The van der Waals surface area contributed by atoms with Crippen LogP contribution in [0, 0.1) is 36.8 Å². The number of benzene rings is 2. The van der Waals surface area contributed by atoms with Crippen LogP contribution in [0.1, 0.15) is 71.2 Å². The summed E-state index contributed by atoms with van der Waals surface area (Å²) >= 11 is 0. The van der Waals surface area contributed by atoms with E-state index in [0.29, 0.717) is 29.8 Å². The number of anilines is 1. The number of carbonyl (C=O) groups excluding carboxylic acids is 2. The fraction of sp³-hybridized carbons (Fsp3) is 0.367. The third-order valence-corrected chi connectivity index (χ3v) is 8.73. The molecule has 6 rings (SSSR count). The van der Waals surface area contributed by atoms with Crippen molar-refractivity contribution in [1.29, 1.82) is 0 Å². The first-order valence-corrected chi connectivity index (χ1v) is 13.7. The Morgan fingerprint density at radius 1 is 1.17 bits per heavy atom. The lowest BCUT2D eigenvalue weighted by atomic mass is 9.76. The van der Waals surface area contributed by atoms with Crippen molar-refractivity contribution < 1.29 is 27.7 Å². The predicted molar refractivity (Wildman–Crippen MR) is 148 cm³/mol. The minimum Gasteiger partial charge on any atom is -0.493 e. The summed E-state index contributed by atoms with van der Waals surface area (Å²) in [7, 11) is 0. The Morgan fingerprint density at radius 3 is 2.60 bits per heavy atom. The van der Waals surface area contributed by atoms with Gasteiger partial charge in [-0.3, -0.25) is 14.7 Å². The molecule has 1 spiro atoms. The third-order valence-electron chi connectivity index (χ3n) is 8.73. The first-order valence-electron chi connectivity index (χ1n) is 13.7. The summed E-state index contributed by atoms with van der Waals surface area (Å²) in [6.45, 7) is 6.02. The molecular weight excluding hydrogens is 546 g/mol. The van der Waals surface area contributed by atoms with Gasteiger partial charge in [0, 0.05) is 52.2 Å². The number of primary amides is 1. The number of amides is 2. The van der Waals surface area contributed by atoms with E-state index in [0.717, 1.165) is 34.6 Å². The quantitative estimate of drug-likeness (QED) is 0.262. The van der Waals surface area contributed by atoms with E-state index in [-0.39, 0.29) is 42.2 Å². The van der Waals surface area contributed by atoms with Crippen LogP contribution in [0.3, 0.4) is 0 Å². The van der Waals surface area contributed by atoms with Crippen molar-refractivity contribution in [3.63, 3.8) is 0 Å². The fourth-order valence-corrected chi connectivity index (χ4v) is 6.52. The maximum absolute atomic E-state index is 14.5. The van der Waals surface area contributed by atoms with Crippen LogP contribution in [0.4, 0.5) is 14.5 Å². The second kappa shape index (κ2) is 10.3. The molecule has 12 heteroatoms. The molecule has 42 heavy (non-hydrogen) atoms. The molecule has 2 aromatic heterocycles. The molecule has 218 valence electrons. The minimum atomic E-state index is -1.01. The van der Waals surface area contributed by atoms with Crippen LogP contribution in [0.15, 0.2) is 41.0 Å². The number of halogens is 2. The van der Waals surface area contributed by atoms with E-state index in [1.807, 2.05) is 45.0 Å². The molecule has 4 unspecified atom stereocenters. The van der Waals surface area contributed by atoms with Crippen LogP contribution in [-0.4, -0.2) is 38.9 Å². The van der Waals surface area contributed by atoms with E-state index < -0.39 is 28.9 Å². The van der Waals surface area contributed by atoms with Gasteiger partial charge in [-0.1, -0.05) is 24.2 Å². The monoisotopic (exact) mass is 576 g/mol. The van der Waals surface area contributed by atoms with Crippen LogP contribution < -0.4 is 15.8 Å². The Balaban J connectivity index is 1.22. The number of H-pyrrole nitrogens is 1. The lowest BCUT2D eigenvalue weighted by Crippen LogP contribution is -2.32. The maximum atomic E-state index is 14.5. The normalized spacial score (nSPS) is 21.5. The van der Waals surface area contributed by atoms with E-state index >= 15 is 0 Å². The van der Waals surface area contributed by atoms with Crippen LogP contribution in [-0.2, 0) is 4.79 Å². The molecule has 2 aromatic carbocycles. The Hall–Kier alpha value is -4.61. The smallest absolute Gasteiger partial charge is 0.272 e. The number of aromatic nitrogens is 4. The lowest BCUT2D eigenvalue weighted by Gasteiger charge is -2.35. The number of hydrogen-bond donors (Lipinski definition) is 3. The van der Waals surface area contributed by atoms with E-state index in [1.54, 1.807) is 0 Å². The van der Waals surface area contributed by atoms with Crippen molar-refractivity contribution in [2.45, 2.75) is 51.9 Å². The summed E-state index contributed by atoms with van der Waals surface area (Å²) in [5, 5.41) is 17.7. The van der Waals surface area contributed by atoms with Gasteiger partial charge in [-0.2, -0.15) is 5.10 Å². The first-order chi connectivity index (χ1) is 20.1. The highest BCUT2D eigenvalue weighted by molar-refractivity contribution is 5.92. The van der Waals surface area contributed by atoms with Crippen LogP contribution in [0.25, 0.3) is 11.1 Å². The molecular formula is C30H30F2N6O4. The molecule has 4 atom stereocenters. The molecule has 10 nitrogen and oxygen atoms in total. The van der Waals surface area contributed by atoms with E-state index in [4.69, 9.17) is 15.1 Å². The van der Waals surface area contributed by atoms with Gasteiger partial charge in [0.15, 0.2) is 17.3 Å². The van der Waals surface area contributed by atoms with Gasteiger partial charge >= 0.3 is 0 Å². The van der Waals surface area contributed by atoms with Crippen molar-refractivity contribution >= 4 is 17.5 Å². The molecule has 1 fully saturated rings. The number of nitrogens with one attached hydrogen (secondary N) is 2. The van der Waals surface area contributed by atoms with Gasteiger partial charge in [0.05, 0.1) is 12.3 Å². The zero-order valence-electron chi connectivity index (χ0n) is 23.3. The number of nitrogens with two attached hydrogens (primary N) is 1. The second-order valence-corrected chi connectivity index (χ2v) is 11.4. The topological polar surface area (TPSA) is 149 Å². The summed E-state index contributed by atoms with van der Waals surface area (Å²) in [5.74, 6) is -3.32. The highest BCUT2D eigenvalue weighted by Gasteiger charge is 2.62. The standard InChI is InChI=1S/C30H30F2N6O4/c1-14(27-28(29(33)40)38-42-37-27)8-18-12-30(18)13-41-24-11-23(32)22(31)9-20(24)21(30)10-25(39)34-19-6-4-17(5-7-19)26-15(2)35-36-16(26)3/h4-7,9,11,14,18,21H,8,10,12-13H2,1-3H3,(H2,33,40)(H,34,39)(H,35,36). The van der Waals surface area contributed by atoms with Gasteiger partial charge in [-0.15, -0.1) is 0 Å². The second-order valence-electron chi connectivity index (χ2n) is 11.4. The highest BCUT2D eigenvalue weighted by Crippen LogP contribution is 2.67. The summed E-state index contributed by atoms with van der Waals surface area (Å²) in [5.41, 5.74) is 10.2. The Kier molecular flexibility index (Phi) is 6.78. The minimum absolute atomic E-state index is 0.0139. The predicted octanol–water partition coefficient (Wildman–Crippen LogP) is 5.16. The fourth-order valence-electron chi connectivity index (χ4n) is 6.52. The summed E-state index contributed by atoms with van der Waals surface area (Å²) in [4.78, 5) is 25.1. The largest absolute Gasteiger partial charge is 0.493 e. The van der Waals surface area contributed by atoms with Crippen molar-refractivity contribution in [2.75, 3.05) is 11.9 Å². The molecule has 0 radical (unpaired) electrons. The van der Waals surface area contributed by atoms with Crippen LogP contribution in [0.2, 0.25) is 0 Å². The maximum Gasteiger partial charge on any atom is 0.272 e. The number of rotatable bonds is 8. The summed E-state index contributed by atoms with van der Waals surface area (Å²) < 4.78 is 39.2. The number of hydrogen-bond acceptors (Lipinski definition) is 7. The van der Waals surface area contributed by atoms with Gasteiger partial charge in [-0.25, -0.2) is 13.4 Å². The Morgan fingerprint density at radius 2 is 1.90 bits per heavy atom. The van der Waals surface area contributed by atoms with Crippen molar-refractivity contribution in [2.24, 2.45) is 17.1 Å². The van der Waals surface area contributed by atoms with Gasteiger partial charge in [0.1, 0.15) is 11.4 Å². The van der Waals surface area contributed by atoms with Gasteiger partial charge in [0.2, 0.25) is 5.91 Å². The van der Waals surface area contributed by atoms with E-state index in [9.17, 15) is 18.4 Å². The number of ether oxygens (including phenoxy) is 1. The Labute approximate surface area is 240 Å². The van der Waals surface area contributed by atoms with Gasteiger partial charge < -0.3 is 15.8 Å². The molecule has 4 aromatic rings. The van der Waals surface area contributed by atoms with Crippen molar-refractivity contribution in [3.05, 3.63) is 76.4 Å². The van der Waals surface area contributed by atoms with Crippen LogP contribution >= 0.6 is 0 Å². The molecule has 0 saturated heterocycles. The summed E-state index contributed by atoms with van der Waals surface area (Å²) in [6, 6.07) is 9.67. The lowest BCUT2D eigenvalue weighted by molar-refractivity contribution is -0.117. The SMILES string of the molecule is Cc1n[nH]c(C)c1-c1ccc(NC(=O)CC2c3cc(F)c(F)cc3OCC23CC3CC(C)c2nonc2C(N)=O)cc1. The van der Waals surface area contributed by atoms with Gasteiger partial charge in [0.25, 0.3) is 5.91 Å². The zero-order valence-corrected chi connectivity index (χ0v) is 23.3. The third kappa shape index (κ3) is 4.80. The molecule has 2 amide bonds. The number of carbonyl (C=O) groups is 2. The molecule has 4 N–H and O–H groups in total. The van der Waals surface area contributed by atoms with Gasteiger partial charge in [-0.05, 0) is 61.5 Å². The average Bonchev–Trinajstić information content (AvgIpc) is 3.24. The van der Waals surface area contributed by atoms with E-state index in [2.05, 4.69) is 25.8 Å². The number of aryl methyl sites for hydroxylation is 2. The molecule has 1 saturated carbocycles. The van der Waals surface area contributed by atoms with Crippen molar-refractivity contribution in [3.8, 4) is 16.9 Å². The van der Waals surface area contributed by atoms with E-state index in [1.165, 1.54) is 0 Å². The van der Waals surface area contributed by atoms with Crippen LogP contribution in [0.5, 0.6) is 5.75 Å². The molecule has 1 aliphatic carbocycles. The molecule has 3 heterocycles. The molecule has 1 aliphatic heterocycles. The average molecular weight is 577 g/mol. The number of aromatic amines is 1. The first kappa shape index (κ1) is 27.6. The summed E-state index contributed by atoms with van der Waals surface area (Å²) in [6.07, 6.45) is 1.33. The number of fused-ring (bicyclic) bond motifs is 1. The Bertz CT molecular complexity index is 1660.